The van der Waals surface area contributed by atoms with Crippen molar-refractivity contribution in [3.8, 4) is 11.3 Å². The zero-order valence-electron chi connectivity index (χ0n) is 16.8. The highest BCUT2D eigenvalue weighted by Gasteiger charge is 2.39. The Kier molecular flexibility index (Phi) is 5.19. The van der Waals surface area contributed by atoms with Crippen LogP contribution in [0.2, 0.25) is 0 Å². The number of rotatable bonds is 5. The predicted octanol–water partition coefficient (Wildman–Crippen LogP) is 3.56. The molecule has 5 nitrogen and oxygen atoms in total. The van der Waals surface area contributed by atoms with Gasteiger partial charge in [-0.25, -0.2) is 0 Å². The molecule has 5 rings (SSSR count). The molecule has 0 saturated carbocycles. The van der Waals surface area contributed by atoms with E-state index in [-0.39, 0.29) is 0 Å². The third-order valence-electron chi connectivity index (χ3n) is 6.41. The number of nitrogens with one attached hydrogen (secondary N) is 2. The molecule has 2 fully saturated rings. The van der Waals surface area contributed by atoms with E-state index in [0.29, 0.717) is 18.0 Å². The lowest BCUT2D eigenvalue weighted by atomic mass is 9.85. The molecule has 0 bridgehead atoms. The Morgan fingerprint density at radius 1 is 1.03 bits per heavy atom. The Bertz CT molecular complexity index is 940. The van der Waals surface area contributed by atoms with Gasteiger partial charge in [-0.3, -0.25) is 15.8 Å². The summed E-state index contributed by atoms with van der Waals surface area (Å²) in [5.41, 5.74) is 11.8. The maximum atomic E-state index is 5.71. The van der Waals surface area contributed by atoms with Crippen molar-refractivity contribution in [1.29, 1.82) is 0 Å². The van der Waals surface area contributed by atoms with Crippen LogP contribution in [0.4, 0.5) is 0 Å². The second-order valence-corrected chi connectivity index (χ2v) is 8.32. The fraction of sp³-hybridized carbons (Fsp3) is 0.375. The standard InChI is InChI=1S/C24H28N4O/c1-17-20(24(29-27-17)19-10-6-3-7-11-19)15-28-13-12-22-21(16-28)23(26-25-22)14-18-8-4-2-5-9-18/h2-11,21-23,25-26H,12-16H2,1H3. The number of nitrogens with zero attached hydrogens (tertiary/aromatic N) is 2. The van der Waals surface area contributed by atoms with Crippen molar-refractivity contribution >= 4 is 0 Å². The van der Waals surface area contributed by atoms with Crippen LogP contribution in [0.15, 0.2) is 65.2 Å². The molecule has 2 N–H and O–H groups in total. The molecule has 5 heteroatoms. The van der Waals surface area contributed by atoms with Crippen molar-refractivity contribution in [2.75, 3.05) is 13.1 Å². The molecule has 1 aromatic heterocycles. The van der Waals surface area contributed by atoms with Gasteiger partial charge in [-0.05, 0) is 25.3 Å². The van der Waals surface area contributed by atoms with Crippen molar-refractivity contribution in [1.82, 2.24) is 20.9 Å². The van der Waals surface area contributed by atoms with Crippen molar-refractivity contribution in [2.45, 2.75) is 38.4 Å². The van der Waals surface area contributed by atoms with Gasteiger partial charge in [-0.1, -0.05) is 65.8 Å². The molecule has 2 aliphatic heterocycles. The summed E-state index contributed by atoms with van der Waals surface area (Å²) in [4.78, 5) is 2.57. The van der Waals surface area contributed by atoms with Crippen LogP contribution >= 0.6 is 0 Å². The van der Waals surface area contributed by atoms with Gasteiger partial charge in [-0.15, -0.1) is 0 Å². The highest BCUT2D eigenvalue weighted by atomic mass is 16.5. The Hall–Kier alpha value is -2.47. The van der Waals surface area contributed by atoms with Gasteiger partial charge in [0.05, 0.1) is 5.69 Å². The second-order valence-electron chi connectivity index (χ2n) is 8.32. The van der Waals surface area contributed by atoms with Crippen LogP contribution in [0.5, 0.6) is 0 Å². The van der Waals surface area contributed by atoms with Gasteiger partial charge in [0.2, 0.25) is 0 Å². The summed E-state index contributed by atoms with van der Waals surface area (Å²) >= 11 is 0. The summed E-state index contributed by atoms with van der Waals surface area (Å²) in [5, 5.41) is 4.27. The van der Waals surface area contributed by atoms with Gasteiger partial charge < -0.3 is 4.52 Å². The van der Waals surface area contributed by atoms with Crippen molar-refractivity contribution < 1.29 is 4.52 Å². The maximum Gasteiger partial charge on any atom is 0.171 e. The summed E-state index contributed by atoms with van der Waals surface area (Å²) < 4.78 is 5.71. The van der Waals surface area contributed by atoms with Gasteiger partial charge in [0.25, 0.3) is 0 Å². The number of piperidine rings is 1. The fourth-order valence-corrected chi connectivity index (χ4v) is 4.79. The molecular weight excluding hydrogens is 360 g/mol. The fourth-order valence-electron chi connectivity index (χ4n) is 4.79. The van der Waals surface area contributed by atoms with Gasteiger partial charge >= 0.3 is 0 Å². The maximum absolute atomic E-state index is 5.71. The Morgan fingerprint density at radius 2 is 1.79 bits per heavy atom. The molecule has 0 radical (unpaired) electrons. The van der Waals surface area contributed by atoms with E-state index in [9.17, 15) is 0 Å². The number of aromatic nitrogens is 1. The predicted molar refractivity (Wildman–Crippen MR) is 114 cm³/mol. The zero-order chi connectivity index (χ0) is 19.6. The first-order valence-electron chi connectivity index (χ1n) is 10.6. The lowest BCUT2D eigenvalue weighted by molar-refractivity contribution is 0.147. The van der Waals surface area contributed by atoms with Crippen LogP contribution in [0.3, 0.4) is 0 Å². The summed E-state index contributed by atoms with van der Waals surface area (Å²) in [6.45, 7) is 5.11. The van der Waals surface area contributed by atoms with Crippen LogP contribution in [0, 0.1) is 12.8 Å². The van der Waals surface area contributed by atoms with E-state index >= 15 is 0 Å². The monoisotopic (exact) mass is 388 g/mol. The minimum absolute atomic E-state index is 0.461. The molecule has 0 spiro atoms. The van der Waals surface area contributed by atoms with Crippen LogP contribution in [-0.4, -0.2) is 35.2 Å². The number of aryl methyl sites for hydroxylation is 1. The third-order valence-corrected chi connectivity index (χ3v) is 6.41. The highest BCUT2D eigenvalue weighted by molar-refractivity contribution is 5.61. The van der Waals surface area contributed by atoms with Crippen LogP contribution in [0.25, 0.3) is 11.3 Å². The number of benzene rings is 2. The summed E-state index contributed by atoms with van der Waals surface area (Å²) in [6.07, 6.45) is 2.22. The van der Waals surface area contributed by atoms with Crippen LogP contribution < -0.4 is 10.9 Å². The first-order valence-corrected chi connectivity index (χ1v) is 10.6. The summed E-state index contributed by atoms with van der Waals surface area (Å²) in [7, 11) is 0. The topological polar surface area (TPSA) is 53.3 Å². The van der Waals surface area contributed by atoms with E-state index in [2.05, 4.69) is 70.3 Å². The molecule has 2 saturated heterocycles. The quantitative estimate of drug-likeness (QED) is 0.700. The number of hydrogen-bond acceptors (Lipinski definition) is 5. The number of likely N-dealkylation sites (tertiary alicyclic amines) is 1. The lowest BCUT2D eigenvalue weighted by Gasteiger charge is -2.36. The lowest BCUT2D eigenvalue weighted by Crippen LogP contribution is -2.46. The van der Waals surface area contributed by atoms with Crippen molar-refractivity contribution in [2.24, 2.45) is 5.92 Å². The molecule has 2 aliphatic rings. The number of hydrazine groups is 1. The molecule has 3 aromatic rings. The average molecular weight is 389 g/mol. The molecule has 0 aliphatic carbocycles. The van der Waals surface area contributed by atoms with Crippen LogP contribution in [-0.2, 0) is 13.0 Å². The largest absolute Gasteiger partial charge is 0.356 e. The first kappa shape index (κ1) is 18.6. The SMILES string of the molecule is Cc1noc(-c2ccccc2)c1CN1CCC2NNC(Cc3ccccc3)C2C1. The van der Waals surface area contributed by atoms with Crippen LogP contribution in [0.1, 0.15) is 23.2 Å². The molecule has 3 heterocycles. The van der Waals surface area contributed by atoms with E-state index < -0.39 is 0 Å². The molecule has 150 valence electrons. The second kappa shape index (κ2) is 8.11. The Labute approximate surface area is 172 Å². The summed E-state index contributed by atoms with van der Waals surface area (Å²) in [6, 6.07) is 22.1. The Balaban J connectivity index is 1.31. The third kappa shape index (κ3) is 3.86. The highest BCUT2D eigenvalue weighted by Crippen LogP contribution is 2.31. The minimum atomic E-state index is 0.461. The van der Waals surface area contributed by atoms with E-state index in [1.807, 2.05) is 18.2 Å². The van der Waals surface area contributed by atoms with Gasteiger partial charge in [0.15, 0.2) is 5.76 Å². The molecule has 29 heavy (non-hydrogen) atoms. The Morgan fingerprint density at radius 3 is 2.59 bits per heavy atom. The van der Waals surface area contributed by atoms with E-state index in [1.165, 1.54) is 11.1 Å². The van der Waals surface area contributed by atoms with Gasteiger partial charge in [-0.2, -0.15) is 0 Å². The number of fused-ring (bicyclic) bond motifs is 1. The molecule has 2 aromatic carbocycles. The molecule has 3 atom stereocenters. The molecule has 3 unspecified atom stereocenters. The summed E-state index contributed by atoms with van der Waals surface area (Å²) in [5.74, 6) is 1.51. The van der Waals surface area contributed by atoms with Crippen molar-refractivity contribution in [3.05, 3.63) is 77.5 Å². The van der Waals surface area contributed by atoms with Gasteiger partial charge in [0.1, 0.15) is 0 Å². The smallest absolute Gasteiger partial charge is 0.171 e. The first-order chi connectivity index (χ1) is 14.3. The van der Waals surface area contributed by atoms with Gasteiger partial charge in [0, 0.05) is 48.8 Å². The number of hydrogen-bond donors (Lipinski definition) is 2. The minimum Gasteiger partial charge on any atom is -0.356 e. The van der Waals surface area contributed by atoms with E-state index in [1.54, 1.807) is 0 Å². The molecular formula is C24H28N4O. The zero-order valence-corrected chi connectivity index (χ0v) is 16.8. The normalized spacial score (nSPS) is 24.5. The molecule has 0 amide bonds. The van der Waals surface area contributed by atoms with Crippen molar-refractivity contribution in [3.63, 3.8) is 0 Å². The van der Waals surface area contributed by atoms with E-state index in [0.717, 1.165) is 49.5 Å². The van der Waals surface area contributed by atoms with E-state index in [4.69, 9.17) is 4.52 Å². The average Bonchev–Trinajstić information content (AvgIpc) is 3.33.